The SMILES string of the molecule is CCOC(=O)C(CCC1CCCCC1)N[C@@H](C)C(=O)N1CC2(CCCCC2)CC1C(=O)O. The molecular weight excluding hydrogens is 408 g/mol. The maximum atomic E-state index is 13.4. The molecule has 0 bridgehead atoms. The van der Waals surface area contributed by atoms with E-state index in [1.165, 1.54) is 38.5 Å². The first-order valence-corrected chi connectivity index (χ1v) is 12.8. The summed E-state index contributed by atoms with van der Waals surface area (Å²) in [6, 6.07) is -1.94. The number of likely N-dealkylation sites (tertiary alicyclic amines) is 1. The minimum absolute atomic E-state index is 0.0573. The van der Waals surface area contributed by atoms with Crippen LogP contribution in [0, 0.1) is 11.3 Å². The summed E-state index contributed by atoms with van der Waals surface area (Å²) >= 11 is 0. The Bertz CT molecular complexity index is 655. The van der Waals surface area contributed by atoms with Crippen LogP contribution in [0.15, 0.2) is 0 Å². The van der Waals surface area contributed by atoms with Gasteiger partial charge in [0, 0.05) is 6.54 Å². The highest BCUT2D eigenvalue weighted by molar-refractivity contribution is 5.88. The molecular formula is C25H42N2O5. The standard InChI is InChI=1S/C25H42N2O5/c1-3-32-24(31)20(13-12-19-10-6-4-7-11-19)26-18(2)22(28)27-17-25(14-8-5-9-15-25)16-21(27)23(29)30/h18-21,26H,3-17H2,1-2H3,(H,29,30)/t18-,20?,21?/m0/s1. The highest BCUT2D eigenvalue weighted by Gasteiger charge is 2.49. The number of hydrogen-bond donors (Lipinski definition) is 2. The van der Waals surface area contributed by atoms with E-state index in [4.69, 9.17) is 4.74 Å². The molecule has 3 rings (SSSR count). The Morgan fingerprint density at radius 3 is 2.38 bits per heavy atom. The number of carboxylic acids is 1. The van der Waals surface area contributed by atoms with Crippen LogP contribution in [0.2, 0.25) is 0 Å². The van der Waals surface area contributed by atoms with Gasteiger partial charge in [0.25, 0.3) is 0 Å². The van der Waals surface area contributed by atoms with Gasteiger partial charge in [0.15, 0.2) is 0 Å². The van der Waals surface area contributed by atoms with Crippen LogP contribution in [0.3, 0.4) is 0 Å². The van der Waals surface area contributed by atoms with Gasteiger partial charge in [-0.05, 0) is 57.3 Å². The minimum atomic E-state index is -0.924. The average molecular weight is 451 g/mol. The Kier molecular flexibility index (Phi) is 8.97. The van der Waals surface area contributed by atoms with Crippen molar-refractivity contribution in [2.45, 2.75) is 115 Å². The molecule has 2 N–H and O–H groups in total. The molecule has 3 aliphatic rings. The summed E-state index contributed by atoms with van der Waals surface area (Å²) in [5, 5.41) is 13.0. The smallest absolute Gasteiger partial charge is 0.326 e. The number of aliphatic carboxylic acids is 1. The summed E-state index contributed by atoms with van der Waals surface area (Å²) in [4.78, 5) is 39.5. The van der Waals surface area contributed by atoms with Crippen LogP contribution >= 0.6 is 0 Å². The van der Waals surface area contributed by atoms with Crippen molar-refractivity contribution in [3.63, 3.8) is 0 Å². The van der Waals surface area contributed by atoms with E-state index < -0.39 is 24.1 Å². The molecule has 1 saturated heterocycles. The second-order valence-corrected chi connectivity index (χ2v) is 10.4. The fourth-order valence-corrected chi connectivity index (χ4v) is 6.18. The second-order valence-electron chi connectivity index (χ2n) is 10.4. The van der Waals surface area contributed by atoms with Gasteiger partial charge in [-0.15, -0.1) is 0 Å². The van der Waals surface area contributed by atoms with Gasteiger partial charge < -0.3 is 14.7 Å². The summed E-state index contributed by atoms with van der Waals surface area (Å²) in [5.41, 5.74) is -0.0573. The third-order valence-corrected chi connectivity index (χ3v) is 7.97. The van der Waals surface area contributed by atoms with E-state index in [1.54, 1.807) is 18.7 Å². The molecule has 7 nitrogen and oxygen atoms in total. The van der Waals surface area contributed by atoms with Gasteiger partial charge in [-0.3, -0.25) is 14.9 Å². The van der Waals surface area contributed by atoms with Gasteiger partial charge in [-0.25, -0.2) is 4.79 Å². The Hall–Kier alpha value is -1.63. The predicted octanol–water partition coefficient (Wildman–Crippen LogP) is 3.89. The maximum absolute atomic E-state index is 13.4. The van der Waals surface area contributed by atoms with Gasteiger partial charge in [0.2, 0.25) is 5.91 Å². The van der Waals surface area contributed by atoms with Crippen LogP contribution in [0.4, 0.5) is 0 Å². The maximum Gasteiger partial charge on any atom is 0.326 e. The number of rotatable bonds is 9. The molecule has 3 fully saturated rings. The number of carbonyl (C=O) groups excluding carboxylic acids is 2. The molecule has 0 aromatic rings. The van der Waals surface area contributed by atoms with Crippen LogP contribution in [-0.2, 0) is 19.1 Å². The van der Waals surface area contributed by atoms with Crippen molar-refractivity contribution in [1.82, 2.24) is 10.2 Å². The molecule has 2 saturated carbocycles. The molecule has 1 amide bonds. The van der Waals surface area contributed by atoms with Crippen molar-refractivity contribution in [3.8, 4) is 0 Å². The first kappa shape index (κ1) is 25.0. The Morgan fingerprint density at radius 2 is 1.75 bits per heavy atom. The summed E-state index contributed by atoms with van der Waals surface area (Å²) in [7, 11) is 0. The fourth-order valence-electron chi connectivity index (χ4n) is 6.18. The van der Waals surface area contributed by atoms with Crippen molar-refractivity contribution in [2.24, 2.45) is 11.3 Å². The lowest BCUT2D eigenvalue weighted by Gasteiger charge is -2.33. The molecule has 1 spiro atoms. The topological polar surface area (TPSA) is 95.9 Å². The monoisotopic (exact) mass is 450 g/mol. The van der Waals surface area contributed by atoms with Gasteiger partial charge in [0.05, 0.1) is 12.6 Å². The van der Waals surface area contributed by atoms with Crippen molar-refractivity contribution in [2.75, 3.05) is 13.2 Å². The van der Waals surface area contributed by atoms with Crippen molar-refractivity contribution < 1.29 is 24.2 Å². The lowest BCUT2D eigenvalue weighted by molar-refractivity contribution is -0.150. The molecule has 1 heterocycles. The number of esters is 1. The largest absolute Gasteiger partial charge is 0.480 e. The van der Waals surface area contributed by atoms with E-state index in [0.29, 0.717) is 31.9 Å². The fraction of sp³-hybridized carbons (Fsp3) is 0.880. The third kappa shape index (κ3) is 6.24. The number of hydrogen-bond acceptors (Lipinski definition) is 5. The van der Waals surface area contributed by atoms with Crippen LogP contribution in [-0.4, -0.2) is 59.1 Å². The zero-order chi connectivity index (χ0) is 23.1. The first-order valence-electron chi connectivity index (χ1n) is 12.8. The molecule has 182 valence electrons. The molecule has 0 aromatic carbocycles. The Balaban J connectivity index is 1.64. The molecule has 2 unspecified atom stereocenters. The lowest BCUT2D eigenvalue weighted by atomic mass is 9.73. The van der Waals surface area contributed by atoms with Gasteiger partial charge in [0.1, 0.15) is 12.1 Å². The van der Waals surface area contributed by atoms with Crippen LogP contribution in [0.1, 0.15) is 97.3 Å². The van der Waals surface area contributed by atoms with Crippen molar-refractivity contribution >= 4 is 17.8 Å². The lowest BCUT2D eigenvalue weighted by Crippen LogP contribution is -2.53. The van der Waals surface area contributed by atoms with E-state index >= 15 is 0 Å². The zero-order valence-electron chi connectivity index (χ0n) is 19.9. The van der Waals surface area contributed by atoms with Crippen LogP contribution in [0.25, 0.3) is 0 Å². The van der Waals surface area contributed by atoms with Crippen LogP contribution in [0.5, 0.6) is 0 Å². The summed E-state index contributed by atoms with van der Waals surface area (Å²) in [6.07, 6.45) is 13.7. The van der Waals surface area contributed by atoms with Gasteiger partial charge in [-0.1, -0.05) is 51.4 Å². The molecule has 32 heavy (non-hydrogen) atoms. The number of ether oxygens (including phenoxy) is 1. The molecule has 2 aliphatic carbocycles. The minimum Gasteiger partial charge on any atom is -0.480 e. The highest BCUT2D eigenvalue weighted by atomic mass is 16.5. The molecule has 0 aromatic heterocycles. The number of amides is 1. The molecule has 7 heteroatoms. The number of carboxylic acid groups (broad SMARTS) is 1. The predicted molar refractivity (Wildman–Crippen MR) is 122 cm³/mol. The Labute approximate surface area is 192 Å². The van der Waals surface area contributed by atoms with E-state index in [2.05, 4.69) is 5.32 Å². The van der Waals surface area contributed by atoms with Crippen molar-refractivity contribution in [3.05, 3.63) is 0 Å². The molecule has 1 aliphatic heterocycles. The van der Waals surface area contributed by atoms with Gasteiger partial charge in [-0.2, -0.15) is 0 Å². The van der Waals surface area contributed by atoms with E-state index in [9.17, 15) is 19.5 Å². The average Bonchev–Trinajstić information content (AvgIpc) is 3.16. The van der Waals surface area contributed by atoms with E-state index in [1.807, 2.05) is 0 Å². The van der Waals surface area contributed by atoms with Crippen LogP contribution < -0.4 is 5.32 Å². The number of nitrogens with one attached hydrogen (secondary N) is 1. The third-order valence-electron chi connectivity index (χ3n) is 7.97. The highest BCUT2D eigenvalue weighted by Crippen LogP contribution is 2.46. The Morgan fingerprint density at radius 1 is 1.09 bits per heavy atom. The molecule has 0 radical (unpaired) electrons. The van der Waals surface area contributed by atoms with E-state index in [0.717, 1.165) is 32.1 Å². The van der Waals surface area contributed by atoms with E-state index in [-0.39, 0.29) is 17.3 Å². The van der Waals surface area contributed by atoms with Crippen molar-refractivity contribution in [1.29, 1.82) is 0 Å². The quantitative estimate of drug-likeness (QED) is 0.518. The molecule has 3 atom stereocenters. The number of nitrogens with zero attached hydrogens (tertiary/aromatic N) is 1. The zero-order valence-corrected chi connectivity index (χ0v) is 19.9. The van der Waals surface area contributed by atoms with Gasteiger partial charge >= 0.3 is 11.9 Å². The summed E-state index contributed by atoms with van der Waals surface area (Å²) in [5.74, 6) is -0.823. The second kappa shape index (κ2) is 11.5. The first-order chi connectivity index (χ1) is 15.3. The number of carbonyl (C=O) groups is 3. The normalized spacial score (nSPS) is 25.4. The summed E-state index contributed by atoms with van der Waals surface area (Å²) < 4.78 is 5.28. The summed E-state index contributed by atoms with van der Waals surface area (Å²) in [6.45, 7) is 4.36.